The molecule has 2 aromatic rings. The summed E-state index contributed by atoms with van der Waals surface area (Å²) in [5.74, 6) is 1.68. The normalized spacial score (nSPS) is 21.3. The van der Waals surface area contributed by atoms with Crippen LogP contribution in [0, 0.1) is 0 Å². The van der Waals surface area contributed by atoms with E-state index in [2.05, 4.69) is 22.1 Å². The van der Waals surface area contributed by atoms with Crippen LogP contribution < -0.4 is 9.47 Å². The number of hydrazone groups is 1. The number of likely N-dealkylation sites (tertiary alicyclic amines) is 1. The molecule has 3 aliphatic heterocycles. The van der Waals surface area contributed by atoms with Crippen LogP contribution in [-0.4, -0.2) is 54.4 Å². The van der Waals surface area contributed by atoms with Gasteiger partial charge in [-0.3, -0.25) is 9.69 Å². The molecule has 0 N–H and O–H groups in total. The highest BCUT2D eigenvalue weighted by Crippen LogP contribution is 2.38. The summed E-state index contributed by atoms with van der Waals surface area (Å²) in [6, 6.07) is 16.5. The Balaban J connectivity index is 1.28. The van der Waals surface area contributed by atoms with E-state index in [-0.39, 0.29) is 11.9 Å². The van der Waals surface area contributed by atoms with E-state index >= 15 is 0 Å². The van der Waals surface area contributed by atoms with Crippen LogP contribution in [0.1, 0.15) is 36.4 Å². The van der Waals surface area contributed by atoms with Gasteiger partial charge in [0.2, 0.25) is 0 Å². The van der Waals surface area contributed by atoms with Crippen molar-refractivity contribution in [2.75, 3.05) is 32.8 Å². The molecular weight excluding hydrogens is 366 g/mol. The van der Waals surface area contributed by atoms with Crippen molar-refractivity contribution in [1.82, 2.24) is 9.91 Å². The third kappa shape index (κ3) is 3.72. The number of fused-ring (bicyclic) bond motifs is 1. The van der Waals surface area contributed by atoms with Crippen LogP contribution in [0.5, 0.6) is 11.5 Å². The molecule has 1 unspecified atom stereocenters. The molecule has 0 spiro atoms. The number of amides is 1. The van der Waals surface area contributed by atoms with Crippen molar-refractivity contribution in [3.63, 3.8) is 0 Å². The topological polar surface area (TPSA) is 54.4 Å². The summed E-state index contributed by atoms with van der Waals surface area (Å²) in [6.07, 6.45) is 2.94. The number of carbonyl (C=O) groups is 1. The molecule has 0 saturated carbocycles. The molecule has 1 atom stereocenters. The van der Waals surface area contributed by atoms with Crippen LogP contribution in [0.2, 0.25) is 0 Å². The Labute approximate surface area is 170 Å². The summed E-state index contributed by atoms with van der Waals surface area (Å²) in [5.41, 5.74) is 3.27. The summed E-state index contributed by atoms with van der Waals surface area (Å²) < 4.78 is 11.4. The zero-order valence-electron chi connectivity index (χ0n) is 16.4. The summed E-state index contributed by atoms with van der Waals surface area (Å²) >= 11 is 0. The molecule has 1 saturated heterocycles. The van der Waals surface area contributed by atoms with E-state index < -0.39 is 0 Å². The summed E-state index contributed by atoms with van der Waals surface area (Å²) in [7, 11) is 0. The fourth-order valence-corrected chi connectivity index (χ4v) is 4.39. The minimum atomic E-state index is 0.0698. The molecule has 6 nitrogen and oxygen atoms in total. The molecule has 3 aliphatic rings. The Bertz CT molecular complexity index is 928. The fraction of sp³-hybridized carbons (Fsp3) is 0.391. The number of carbonyl (C=O) groups excluding carboxylic acids is 1. The average molecular weight is 391 g/mol. The van der Waals surface area contributed by atoms with Gasteiger partial charge in [-0.05, 0) is 42.6 Å². The first-order chi connectivity index (χ1) is 14.3. The standard InChI is InChI=1S/C23H25N3O3/c27-23(26-12-10-19(24-26)17-5-2-1-3-6-17)16-25-11-4-7-20(25)18-8-9-21-22(15-18)29-14-13-28-21/h1-3,5-6,8-9,15,20H,4,7,10-14,16H2. The van der Waals surface area contributed by atoms with Crippen molar-refractivity contribution in [2.24, 2.45) is 5.10 Å². The second-order valence-electron chi connectivity index (χ2n) is 7.71. The minimum absolute atomic E-state index is 0.0698. The van der Waals surface area contributed by atoms with Crippen molar-refractivity contribution in [2.45, 2.75) is 25.3 Å². The van der Waals surface area contributed by atoms with Gasteiger partial charge in [-0.1, -0.05) is 36.4 Å². The molecule has 29 heavy (non-hydrogen) atoms. The quantitative estimate of drug-likeness (QED) is 0.803. The second kappa shape index (κ2) is 7.87. The van der Waals surface area contributed by atoms with Gasteiger partial charge in [0.1, 0.15) is 13.2 Å². The van der Waals surface area contributed by atoms with Crippen LogP contribution >= 0.6 is 0 Å². The highest BCUT2D eigenvalue weighted by Gasteiger charge is 2.31. The van der Waals surface area contributed by atoms with Crippen LogP contribution in [0.15, 0.2) is 53.6 Å². The first kappa shape index (κ1) is 18.2. The van der Waals surface area contributed by atoms with Crippen molar-refractivity contribution in [1.29, 1.82) is 0 Å². The van der Waals surface area contributed by atoms with Gasteiger partial charge >= 0.3 is 0 Å². The van der Waals surface area contributed by atoms with Gasteiger partial charge in [-0.2, -0.15) is 5.10 Å². The highest BCUT2D eigenvalue weighted by atomic mass is 16.6. The predicted octanol–water partition coefficient (Wildman–Crippen LogP) is 3.23. The molecular formula is C23H25N3O3. The Morgan fingerprint density at radius 2 is 1.86 bits per heavy atom. The zero-order valence-corrected chi connectivity index (χ0v) is 16.4. The van der Waals surface area contributed by atoms with Crippen LogP contribution in [0.3, 0.4) is 0 Å². The van der Waals surface area contributed by atoms with Gasteiger partial charge in [0, 0.05) is 12.5 Å². The van der Waals surface area contributed by atoms with E-state index in [9.17, 15) is 4.79 Å². The molecule has 0 aromatic heterocycles. The number of nitrogens with zero attached hydrogens (tertiary/aromatic N) is 3. The monoisotopic (exact) mass is 391 g/mol. The number of benzene rings is 2. The van der Waals surface area contributed by atoms with E-state index in [1.807, 2.05) is 36.4 Å². The number of rotatable bonds is 4. The average Bonchev–Trinajstić information content (AvgIpc) is 3.44. The van der Waals surface area contributed by atoms with E-state index in [1.165, 1.54) is 5.56 Å². The summed E-state index contributed by atoms with van der Waals surface area (Å²) in [5, 5.41) is 6.23. The maximum Gasteiger partial charge on any atom is 0.256 e. The summed E-state index contributed by atoms with van der Waals surface area (Å²) in [6.45, 7) is 3.15. The maximum absolute atomic E-state index is 12.9. The molecule has 1 amide bonds. The van der Waals surface area contributed by atoms with E-state index in [0.717, 1.165) is 48.6 Å². The van der Waals surface area contributed by atoms with Gasteiger partial charge in [0.15, 0.2) is 11.5 Å². The third-order valence-electron chi connectivity index (χ3n) is 5.85. The predicted molar refractivity (Wildman–Crippen MR) is 110 cm³/mol. The molecule has 150 valence electrons. The maximum atomic E-state index is 12.9. The largest absolute Gasteiger partial charge is 0.486 e. The molecule has 2 aromatic carbocycles. The molecule has 0 bridgehead atoms. The summed E-state index contributed by atoms with van der Waals surface area (Å²) in [4.78, 5) is 15.2. The lowest BCUT2D eigenvalue weighted by Gasteiger charge is -2.27. The lowest BCUT2D eigenvalue weighted by Crippen LogP contribution is -2.36. The molecule has 3 heterocycles. The second-order valence-corrected chi connectivity index (χ2v) is 7.71. The Kier molecular flexibility index (Phi) is 4.94. The van der Waals surface area contributed by atoms with Gasteiger partial charge in [-0.15, -0.1) is 0 Å². The van der Waals surface area contributed by atoms with E-state index in [4.69, 9.17) is 9.47 Å². The zero-order chi connectivity index (χ0) is 19.6. The van der Waals surface area contributed by atoms with E-state index in [1.54, 1.807) is 5.01 Å². The van der Waals surface area contributed by atoms with Gasteiger partial charge in [-0.25, -0.2) is 5.01 Å². The number of hydrogen-bond acceptors (Lipinski definition) is 5. The lowest BCUT2D eigenvalue weighted by molar-refractivity contribution is -0.132. The van der Waals surface area contributed by atoms with E-state index in [0.29, 0.717) is 26.3 Å². The Morgan fingerprint density at radius 1 is 1.03 bits per heavy atom. The van der Waals surface area contributed by atoms with Gasteiger partial charge in [0.25, 0.3) is 5.91 Å². The Morgan fingerprint density at radius 3 is 2.72 bits per heavy atom. The molecule has 0 aliphatic carbocycles. The smallest absolute Gasteiger partial charge is 0.256 e. The van der Waals surface area contributed by atoms with Gasteiger partial charge in [0.05, 0.1) is 18.8 Å². The van der Waals surface area contributed by atoms with Crippen molar-refractivity contribution < 1.29 is 14.3 Å². The number of ether oxygens (including phenoxy) is 2. The SMILES string of the molecule is O=C(CN1CCCC1c1ccc2c(c1)OCCO2)N1CCC(c2ccccc2)=N1. The van der Waals surface area contributed by atoms with Crippen molar-refractivity contribution in [3.8, 4) is 11.5 Å². The number of hydrogen-bond donors (Lipinski definition) is 0. The van der Waals surface area contributed by atoms with Crippen molar-refractivity contribution in [3.05, 3.63) is 59.7 Å². The first-order valence-electron chi connectivity index (χ1n) is 10.3. The molecule has 5 rings (SSSR count). The first-order valence-corrected chi connectivity index (χ1v) is 10.3. The highest BCUT2D eigenvalue weighted by molar-refractivity contribution is 6.02. The third-order valence-corrected chi connectivity index (χ3v) is 5.85. The van der Waals surface area contributed by atoms with Crippen LogP contribution in [0.4, 0.5) is 0 Å². The van der Waals surface area contributed by atoms with Crippen LogP contribution in [0.25, 0.3) is 0 Å². The molecule has 0 radical (unpaired) electrons. The van der Waals surface area contributed by atoms with Crippen LogP contribution in [-0.2, 0) is 4.79 Å². The fourth-order valence-electron chi connectivity index (χ4n) is 4.39. The molecule has 1 fully saturated rings. The Hall–Kier alpha value is -2.86. The molecule has 6 heteroatoms. The van der Waals surface area contributed by atoms with Crippen molar-refractivity contribution >= 4 is 11.6 Å². The van der Waals surface area contributed by atoms with Gasteiger partial charge < -0.3 is 9.47 Å². The lowest BCUT2D eigenvalue weighted by atomic mass is 10.0. The minimum Gasteiger partial charge on any atom is -0.486 e.